The number of rotatable bonds is 4. The van der Waals surface area contributed by atoms with Crippen LogP contribution in [0.2, 0.25) is 0 Å². The van der Waals surface area contributed by atoms with Crippen molar-refractivity contribution in [1.29, 1.82) is 0 Å². The third-order valence-corrected chi connectivity index (χ3v) is 4.48. The molecule has 1 aromatic heterocycles. The number of ether oxygens (including phenoxy) is 3. The van der Waals surface area contributed by atoms with E-state index in [1.807, 2.05) is 0 Å². The minimum atomic E-state index is -3.80. The average molecular weight is 405 g/mol. The Kier molecular flexibility index (Phi) is 4.26. The third-order valence-electron chi connectivity index (χ3n) is 4.04. The Bertz CT molecular complexity index is 898. The Morgan fingerprint density at radius 2 is 2.04 bits per heavy atom. The summed E-state index contributed by atoms with van der Waals surface area (Å²) < 4.78 is 43.3. The molecule has 0 N–H and O–H groups in total. The number of fused-ring (bicyclic) bond motifs is 2. The van der Waals surface area contributed by atoms with Crippen LogP contribution in [0.3, 0.4) is 0 Å². The normalized spacial score (nSPS) is 25.5. The first-order chi connectivity index (χ1) is 12.3. The lowest BCUT2D eigenvalue weighted by Crippen LogP contribution is -2.37. The maximum atomic E-state index is 12.7. The molecular formula is C14H11ClF2N4O4S. The van der Waals surface area contributed by atoms with E-state index in [4.69, 9.17) is 33.3 Å². The predicted octanol–water partition coefficient (Wildman–Crippen LogP) is 2.22. The second-order valence-corrected chi connectivity index (χ2v) is 6.54. The SMILES string of the molecule is O=C1C[C@@H](n2nnn(-c3ccc(OC(F)(F)Cl)cc3)c2=S)[C@H]2CO[C@@H]1O2. The molecule has 3 atom stereocenters. The number of tetrazole rings is 1. The van der Waals surface area contributed by atoms with Gasteiger partial charge in [0.25, 0.3) is 0 Å². The highest BCUT2D eigenvalue weighted by molar-refractivity contribution is 7.71. The molecule has 2 aliphatic heterocycles. The van der Waals surface area contributed by atoms with Gasteiger partial charge in [-0.3, -0.25) is 4.79 Å². The molecular weight excluding hydrogens is 394 g/mol. The van der Waals surface area contributed by atoms with E-state index in [1.54, 1.807) is 0 Å². The standard InChI is InChI=1S/C14H11ClF2N4O4S/c15-14(16,17)25-8-3-1-7(2-4-8)20-13(26)21(19-18-20)9-5-10(22)12-23-6-11(9)24-12/h1-4,9,11-12H,5-6H2/t9-,11-,12-/m1/s1. The Labute approximate surface area is 155 Å². The Hall–Kier alpha value is -1.95. The van der Waals surface area contributed by atoms with Crippen LogP contribution >= 0.6 is 23.8 Å². The summed E-state index contributed by atoms with van der Waals surface area (Å²) in [4.78, 5) is 11.9. The lowest BCUT2D eigenvalue weighted by Gasteiger charge is -2.25. The molecule has 0 saturated carbocycles. The number of Topliss-reactive ketones (excluding diaryl/α,β-unsaturated/α-hetero) is 1. The Morgan fingerprint density at radius 1 is 1.31 bits per heavy atom. The van der Waals surface area contributed by atoms with Gasteiger partial charge in [-0.2, -0.15) is 4.68 Å². The number of hydrogen-bond acceptors (Lipinski definition) is 7. The van der Waals surface area contributed by atoms with Gasteiger partial charge in [0.1, 0.15) is 11.9 Å². The zero-order chi connectivity index (χ0) is 18.5. The van der Waals surface area contributed by atoms with Crippen LogP contribution in [0.5, 0.6) is 5.75 Å². The highest BCUT2D eigenvalue weighted by atomic mass is 35.5. The molecule has 0 aliphatic carbocycles. The molecule has 8 nitrogen and oxygen atoms in total. The summed E-state index contributed by atoms with van der Waals surface area (Å²) in [6.07, 6.45) is -0.968. The number of halogens is 3. The molecule has 26 heavy (non-hydrogen) atoms. The predicted molar refractivity (Wildman–Crippen MR) is 84.9 cm³/mol. The zero-order valence-corrected chi connectivity index (χ0v) is 14.5. The van der Waals surface area contributed by atoms with Crippen LogP contribution in [-0.4, -0.2) is 50.1 Å². The molecule has 2 aromatic rings. The summed E-state index contributed by atoms with van der Waals surface area (Å²) >= 11 is 10.1. The Balaban J connectivity index is 1.60. The molecule has 2 saturated heterocycles. The van der Waals surface area contributed by atoms with E-state index in [0.29, 0.717) is 5.69 Å². The molecule has 3 heterocycles. The highest BCUT2D eigenvalue weighted by Crippen LogP contribution is 2.32. The number of alkyl halides is 3. The van der Waals surface area contributed by atoms with Crippen LogP contribution in [-0.2, 0) is 14.3 Å². The lowest BCUT2D eigenvalue weighted by molar-refractivity contribution is -0.156. The van der Waals surface area contributed by atoms with Gasteiger partial charge in [-0.1, -0.05) is 0 Å². The molecule has 1 aromatic carbocycles. The van der Waals surface area contributed by atoms with Gasteiger partial charge in [0.15, 0.2) is 5.78 Å². The molecule has 12 heteroatoms. The van der Waals surface area contributed by atoms with E-state index in [-0.39, 0.29) is 35.4 Å². The van der Waals surface area contributed by atoms with Crippen LogP contribution in [0.1, 0.15) is 12.5 Å². The van der Waals surface area contributed by atoms with Crippen molar-refractivity contribution in [2.75, 3.05) is 6.61 Å². The van der Waals surface area contributed by atoms with E-state index in [1.165, 1.54) is 33.6 Å². The first-order valence-electron chi connectivity index (χ1n) is 7.52. The van der Waals surface area contributed by atoms with Gasteiger partial charge < -0.3 is 14.2 Å². The number of carbonyl (C=O) groups excluding carboxylic acids is 1. The number of benzene rings is 1. The molecule has 2 fully saturated rings. The molecule has 0 spiro atoms. The molecule has 4 rings (SSSR count). The maximum absolute atomic E-state index is 12.7. The second kappa shape index (κ2) is 6.34. The van der Waals surface area contributed by atoms with Crippen molar-refractivity contribution in [3.05, 3.63) is 29.0 Å². The van der Waals surface area contributed by atoms with E-state index >= 15 is 0 Å². The maximum Gasteiger partial charge on any atom is 0.487 e. The summed E-state index contributed by atoms with van der Waals surface area (Å²) in [5.41, 5.74) is -3.31. The highest BCUT2D eigenvalue weighted by Gasteiger charge is 2.45. The van der Waals surface area contributed by atoms with Gasteiger partial charge in [-0.15, -0.1) is 8.78 Å². The number of nitrogens with zero attached hydrogens (tertiary/aromatic N) is 4. The van der Waals surface area contributed by atoms with Crippen molar-refractivity contribution < 1.29 is 27.8 Å². The molecule has 2 bridgehead atoms. The van der Waals surface area contributed by atoms with Gasteiger partial charge in [0, 0.05) is 18.0 Å². The van der Waals surface area contributed by atoms with Crippen LogP contribution < -0.4 is 4.74 Å². The van der Waals surface area contributed by atoms with Gasteiger partial charge in [0.05, 0.1) is 18.3 Å². The van der Waals surface area contributed by atoms with Gasteiger partial charge in [-0.05, 0) is 46.9 Å². The van der Waals surface area contributed by atoms with E-state index in [2.05, 4.69) is 15.2 Å². The van der Waals surface area contributed by atoms with Crippen LogP contribution in [0.25, 0.3) is 5.69 Å². The van der Waals surface area contributed by atoms with E-state index in [9.17, 15) is 13.6 Å². The summed E-state index contributed by atoms with van der Waals surface area (Å²) in [5, 5.41) is 7.99. The number of aromatic nitrogens is 4. The average Bonchev–Trinajstić information content (AvgIpc) is 3.16. The fourth-order valence-corrected chi connectivity index (χ4v) is 3.29. The zero-order valence-electron chi connectivity index (χ0n) is 12.9. The molecule has 138 valence electrons. The number of carbonyl (C=O) groups is 1. The molecule has 0 radical (unpaired) electrons. The van der Waals surface area contributed by atoms with Gasteiger partial charge >= 0.3 is 5.57 Å². The summed E-state index contributed by atoms with van der Waals surface area (Å²) in [7, 11) is 0. The smallest absolute Gasteiger partial charge is 0.420 e. The van der Waals surface area contributed by atoms with Crippen molar-refractivity contribution in [2.24, 2.45) is 0 Å². The van der Waals surface area contributed by atoms with Crippen molar-refractivity contribution in [1.82, 2.24) is 19.8 Å². The minimum Gasteiger partial charge on any atom is -0.420 e. The topological polar surface area (TPSA) is 80.4 Å². The summed E-state index contributed by atoms with van der Waals surface area (Å²) in [6.45, 7) is 0.272. The number of hydrogen-bond donors (Lipinski definition) is 0. The third kappa shape index (κ3) is 3.22. The van der Waals surface area contributed by atoms with Crippen molar-refractivity contribution in [3.63, 3.8) is 0 Å². The Morgan fingerprint density at radius 3 is 2.73 bits per heavy atom. The largest absolute Gasteiger partial charge is 0.487 e. The quantitative estimate of drug-likeness (QED) is 0.571. The number of ketones is 1. The molecule has 0 unspecified atom stereocenters. The van der Waals surface area contributed by atoms with Crippen LogP contribution in [0.4, 0.5) is 8.78 Å². The fourth-order valence-electron chi connectivity index (χ4n) is 2.88. The van der Waals surface area contributed by atoms with Gasteiger partial charge in [0.2, 0.25) is 11.1 Å². The van der Waals surface area contributed by atoms with Crippen molar-refractivity contribution in [2.45, 2.75) is 30.4 Å². The first kappa shape index (κ1) is 17.5. The summed E-state index contributed by atoms with van der Waals surface area (Å²) in [6, 6.07) is 5.14. The fraction of sp³-hybridized carbons (Fsp3) is 0.429. The van der Waals surface area contributed by atoms with Crippen LogP contribution in [0.15, 0.2) is 24.3 Å². The van der Waals surface area contributed by atoms with Gasteiger partial charge in [-0.25, -0.2) is 4.68 Å². The van der Waals surface area contributed by atoms with E-state index < -0.39 is 17.9 Å². The van der Waals surface area contributed by atoms with Crippen LogP contribution in [0, 0.1) is 4.77 Å². The first-order valence-corrected chi connectivity index (χ1v) is 8.31. The van der Waals surface area contributed by atoms with Crippen molar-refractivity contribution >= 4 is 29.6 Å². The summed E-state index contributed by atoms with van der Waals surface area (Å²) in [5.74, 6) is -0.295. The monoisotopic (exact) mass is 404 g/mol. The van der Waals surface area contributed by atoms with Crippen molar-refractivity contribution in [3.8, 4) is 11.4 Å². The van der Waals surface area contributed by atoms with E-state index in [0.717, 1.165) is 0 Å². The minimum absolute atomic E-state index is 0.118. The second-order valence-electron chi connectivity index (χ2n) is 5.74. The molecule has 0 amide bonds. The lowest BCUT2D eigenvalue weighted by atomic mass is 10.0. The molecule has 2 aliphatic rings.